The number of fused-ring (bicyclic) bond motifs is 4. The molecule has 140 valence electrons. The highest BCUT2D eigenvalue weighted by Gasteiger charge is 2.17. The van der Waals surface area contributed by atoms with Gasteiger partial charge >= 0.3 is 6.09 Å². The molecule has 0 aliphatic carbocycles. The first-order chi connectivity index (χ1) is 12.6. The maximum absolute atomic E-state index is 11.5. The molecule has 1 unspecified atom stereocenters. The summed E-state index contributed by atoms with van der Waals surface area (Å²) in [6, 6.07) is 5.39. The van der Waals surface area contributed by atoms with Crippen molar-refractivity contribution in [3.05, 3.63) is 30.2 Å². The molecule has 3 rings (SSSR count). The van der Waals surface area contributed by atoms with E-state index in [0.29, 0.717) is 24.0 Å². The fraction of sp³-hybridized carbons (Fsp3) is 0.474. The summed E-state index contributed by atoms with van der Waals surface area (Å²) < 4.78 is 10.7. The minimum Gasteiger partial charge on any atom is -0.493 e. The van der Waals surface area contributed by atoms with Crippen LogP contribution in [0.1, 0.15) is 44.5 Å². The molecule has 0 saturated heterocycles. The van der Waals surface area contributed by atoms with Crippen LogP contribution in [0, 0.1) is 5.92 Å². The first kappa shape index (κ1) is 18.3. The molecule has 1 aliphatic rings. The number of aromatic amines is 1. The van der Waals surface area contributed by atoms with Crippen molar-refractivity contribution < 1.29 is 14.3 Å². The highest BCUT2D eigenvalue weighted by atomic mass is 16.5. The van der Waals surface area contributed by atoms with Gasteiger partial charge in [-0.1, -0.05) is 19.8 Å². The van der Waals surface area contributed by atoms with Crippen LogP contribution in [0.4, 0.5) is 10.5 Å². The van der Waals surface area contributed by atoms with Gasteiger partial charge in [-0.2, -0.15) is 0 Å². The molecule has 1 aromatic heterocycles. The van der Waals surface area contributed by atoms with Gasteiger partial charge < -0.3 is 20.2 Å². The van der Waals surface area contributed by atoms with Crippen molar-refractivity contribution in [1.82, 2.24) is 9.97 Å². The number of imidazole rings is 1. The minimum absolute atomic E-state index is 0.0931. The van der Waals surface area contributed by atoms with Crippen molar-refractivity contribution in [2.45, 2.75) is 38.6 Å². The third kappa shape index (κ3) is 4.35. The monoisotopic (exact) mass is 358 g/mol. The average molecular weight is 358 g/mol. The zero-order valence-electron chi connectivity index (χ0n) is 15.2. The molecule has 7 nitrogen and oxygen atoms in total. The first-order valence-corrected chi connectivity index (χ1v) is 9.00. The molecular formula is C19H26N4O3. The van der Waals surface area contributed by atoms with Gasteiger partial charge in [-0.3, -0.25) is 5.32 Å². The SMILES string of the molecule is COC(=O)Nc1ccc2c(c1)OCC(C)CCCC[C@H](N)c1nc-2c[nH]1. The van der Waals surface area contributed by atoms with Gasteiger partial charge in [0.15, 0.2) is 0 Å². The van der Waals surface area contributed by atoms with Gasteiger partial charge in [0.1, 0.15) is 11.6 Å². The Hall–Kier alpha value is -2.54. The molecule has 26 heavy (non-hydrogen) atoms. The molecule has 1 aliphatic heterocycles. The van der Waals surface area contributed by atoms with Crippen LogP contribution in [-0.2, 0) is 4.74 Å². The summed E-state index contributed by atoms with van der Waals surface area (Å²) in [5, 5.41) is 2.67. The highest BCUT2D eigenvalue weighted by molar-refractivity contribution is 5.86. The second kappa shape index (κ2) is 8.23. The maximum atomic E-state index is 11.5. The Morgan fingerprint density at radius 1 is 1.38 bits per heavy atom. The number of nitrogens with one attached hydrogen (secondary N) is 2. The lowest BCUT2D eigenvalue weighted by Crippen LogP contribution is -2.12. The van der Waals surface area contributed by atoms with Gasteiger partial charge in [0.2, 0.25) is 0 Å². The molecule has 0 spiro atoms. The van der Waals surface area contributed by atoms with Crippen LogP contribution in [0.15, 0.2) is 24.4 Å². The normalized spacial score (nSPS) is 20.6. The summed E-state index contributed by atoms with van der Waals surface area (Å²) in [5.74, 6) is 1.90. The van der Waals surface area contributed by atoms with E-state index >= 15 is 0 Å². The van der Waals surface area contributed by atoms with Gasteiger partial charge in [-0.05, 0) is 30.9 Å². The van der Waals surface area contributed by atoms with E-state index in [9.17, 15) is 4.79 Å². The smallest absolute Gasteiger partial charge is 0.411 e. The molecule has 2 atom stereocenters. The highest BCUT2D eigenvalue weighted by Crippen LogP contribution is 2.33. The number of aromatic nitrogens is 2. The van der Waals surface area contributed by atoms with Gasteiger partial charge in [0.25, 0.3) is 0 Å². The van der Waals surface area contributed by atoms with Gasteiger partial charge in [-0.15, -0.1) is 0 Å². The number of H-pyrrole nitrogens is 1. The van der Waals surface area contributed by atoms with Crippen molar-refractivity contribution in [3.8, 4) is 17.0 Å². The quantitative estimate of drug-likeness (QED) is 0.719. The van der Waals surface area contributed by atoms with Gasteiger partial charge in [0.05, 0.1) is 25.5 Å². The molecular weight excluding hydrogens is 332 g/mol. The zero-order valence-corrected chi connectivity index (χ0v) is 15.2. The summed E-state index contributed by atoms with van der Waals surface area (Å²) in [6.45, 7) is 2.79. The predicted octanol–water partition coefficient (Wildman–Crippen LogP) is 3.84. The van der Waals surface area contributed by atoms with Gasteiger partial charge in [0, 0.05) is 23.5 Å². The van der Waals surface area contributed by atoms with Crippen LogP contribution >= 0.6 is 0 Å². The van der Waals surface area contributed by atoms with E-state index in [1.54, 1.807) is 12.1 Å². The predicted molar refractivity (Wildman–Crippen MR) is 100 cm³/mol. The number of hydrogen-bond acceptors (Lipinski definition) is 5. The maximum Gasteiger partial charge on any atom is 0.411 e. The third-order valence-electron chi connectivity index (χ3n) is 4.62. The van der Waals surface area contributed by atoms with E-state index in [2.05, 4.69) is 26.9 Å². The lowest BCUT2D eigenvalue weighted by atomic mass is 10.0. The van der Waals surface area contributed by atoms with Gasteiger partial charge in [-0.25, -0.2) is 9.78 Å². The van der Waals surface area contributed by atoms with Crippen molar-refractivity contribution in [2.24, 2.45) is 11.7 Å². The lowest BCUT2D eigenvalue weighted by Gasteiger charge is -2.16. The number of benzene rings is 1. The molecule has 0 saturated carbocycles. The van der Waals surface area contributed by atoms with Crippen molar-refractivity contribution in [1.29, 1.82) is 0 Å². The zero-order chi connectivity index (χ0) is 18.5. The molecule has 1 aromatic carbocycles. The van der Waals surface area contributed by atoms with E-state index in [-0.39, 0.29) is 6.04 Å². The summed E-state index contributed by atoms with van der Waals surface area (Å²) in [4.78, 5) is 19.3. The van der Waals surface area contributed by atoms with Crippen LogP contribution in [0.5, 0.6) is 5.75 Å². The molecule has 2 bridgehead atoms. The number of anilines is 1. The second-order valence-corrected chi connectivity index (χ2v) is 6.81. The number of carbonyl (C=O) groups excluding carboxylic acids is 1. The lowest BCUT2D eigenvalue weighted by molar-refractivity contribution is 0.187. The Kier molecular flexibility index (Phi) is 5.78. The Labute approximate surface area is 153 Å². The van der Waals surface area contributed by atoms with Crippen molar-refractivity contribution in [2.75, 3.05) is 19.0 Å². The number of nitrogens with zero attached hydrogens (tertiary/aromatic N) is 1. The number of carbonyl (C=O) groups is 1. The van der Waals surface area contributed by atoms with E-state index in [0.717, 1.165) is 42.8 Å². The van der Waals surface area contributed by atoms with E-state index in [4.69, 9.17) is 10.5 Å². The first-order valence-electron chi connectivity index (χ1n) is 9.00. The average Bonchev–Trinajstić information content (AvgIpc) is 3.13. The summed E-state index contributed by atoms with van der Waals surface area (Å²) in [5.41, 5.74) is 8.52. The third-order valence-corrected chi connectivity index (χ3v) is 4.62. The van der Waals surface area contributed by atoms with Crippen molar-refractivity contribution >= 4 is 11.8 Å². The number of ether oxygens (including phenoxy) is 2. The number of nitrogens with two attached hydrogens (primary N) is 1. The van der Waals surface area contributed by atoms with E-state index in [1.807, 2.05) is 12.3 Å². The second-order valence-electron chi connectivity index (χ2n) is 6.81. The molecule has 7 heteroatoms. The summed E-state index contributed by atoms with van der Waals surface area (Å²) in [7, 11) is 1.33. The number of methoxy groups -OCH3 is 1. The molecule has 1 amide bonds. The minimum atomic E-state index is -0.518. The molecule has 0 radical (unpaired) electrons. The van der Waals surface area contributed by atoms with Crippen molar-refractivity contribution in [3.63, 3.8) is 0 Å². The fourth-order valence-corrected chi connectivity index (χ4v) is 3.07. The van der Waals surface area contributed by atoms with Crippen LogP contribution in [0.3, 0.4) is 0 Å². The van der Waals surface area contributed by atoms with Crippen LogP contribution in [0.2, 0.25) is 0 Å². The standard InChI is InChI=1S/C19H26N4O3/c1-12-5-3-4-6-15(20)18-21-10-16(23-18)14-8-7-13(22-19(24)25-2)9-17(14)26-11-12/h7-10,12,15H,3-6,11,20H2,1-2H3,(H,21,23)(H,22,24)/t12?,15-/m0/s1. The van der Waals surface area contributed by atoms with Crippen LogP contribution in [0.25, 0.3) is 11.3 Å². The van der Waals surface area contributed by atoms with E-state index in [1.165, 1.54) is 7.11 Å². The Morgan fingerprint density at radius 3 is 3.00 bits per heavy atom. The summed E-state index contributed by atoms with van der Waals surface area (Å²) >= 11 is 0. The topological polar surface area (TPSA) is 102 Å². The van der Waals surface area contributed by atoms with Crippen LogP contribution < -0.4 is 15.8 Å². The largest absolute Gasteiger partial charge is 0.493 e. The van der Waals surface area contributed by atoms with Crippen LogP contribution in [-0.4, -0.2) is 29.8 Å². The summed E-state index contributed by atoms with van der Waals surface area (Å²) in [6.07, 6.45) is 5.51. The number of hydrogen-bond donors (Lipinski definition) is 3. The number of rotatable bonds is 1. The Balaban J connectivity index is 1.95. The Morgan fingerprint density at radius 2 is 2.19 bits per heavy atom. The molecule has 4 N–H and O–H groups in total. The fourth-order valence-electron chi connectivity index (χ4n) is 3.07. The number of amides is 1. The molecule has 2 aromatic rings. The molecule has 0 fully saturated rings. The van der Waals surface area contributed by atoms with E-state index < -0.39 is 6.09 Å². The Bertz CT molecular complexity index is 759. The molecule has 2 heterocycles.